The van der Waals surface area contributed by atoms with Crippen LogP contribution in [-0.2, 0) is 19.4 Å². The van der Waals surface area contributed by atoms with E-state index in [0.717, 1.165) is 25.7 Å². The Bertz CT molecular complexity index is 671. The molecule has 0 amide bonds. The van der Waals surface area contributed by atoms with Gasteiger partial charge in [0.25, 0.3) is 0 Å². The molecule has 0 aromatic heterocycles. The molecule has 0 aromatic rings. The number of carboxylic acid groups (broad SMARTS) is 1. The van der Waals surface area contributed by atoms with Gasteiger partial charge in [-0.15, -0.1) is 0 Å². The van der Waals surface area contributed by atoms with E-state index in [0.29, 0.717) is 6.42 Å². The normalized spacial score (nSPS) is 13.8. The topological polar surface area (TPSA) is 225 Å². The zero-order valence-corrected chi connectivity index (χ0v) is 30.5. The number of aliphatic carboxylic acids is 1. The number of hydrogen-bond acceptors (Lipinski definition) is 11. The van der Waals surface area contributed by atoms with E-state index in [1.54, 1.807) is 0 Å². The van der Waals surface area contributed by atoms with Crippen LogP contribution in [0.15, 0.2) is 0 Å². The summed E-state index contributed by atoms with van der Waals surface area (Å²) in [6.45, 7) is 3.08. The van der Waals surface area contributed by atoms with Gasteiger partial charge in [-0.2, -0.15) is 8.42 Å². The summed E-state index contributed by atoms with van der Waals surface area (Å²) in [7, 11) is -4.23. The molecule has 14 heteroatoms. The second-order valence-corrected chi connectivity index (χ2v) is 12.0. The van der Waals surface area contributed by atoms with Gasteiger partial charge in [0.2, 0.25) is 0 Å². The molecule has 4 atom stereocenters. The molecule has 4 unspecified atom stereocenters. The summed E-state index contributed by atoms with van der Waals surface area (Å²) in [5, 5.41) is 62.3. The smallest absolute Gasteiger partial charge is 0.550 e. The average Bonchev–Trinajstić information content (AvgIpc) is 2.97. The Morgan fingerprint density at radius 3 is 1.18 bits per heavy atom. The molecular weight excluding hydrogens is 607 g/mol. The average molecular weight is 671 g/mol. The number of carbonyl (C=O) groups is 1. The second kappa shape index (κ2) is 37.6. The molecule has 0 aliphatic heterocycles. The zero-order chi connectivity index (χ0) is 33.4. The van der Waals surface area contributed by atoms with E-state index in [9.17, 15) is 18.3 Å². The summed E-state index contributed by atoms with van der Waals surface area (Å²) < 4.78 is 33.0. The minimum Gasteiger partial charge on any atom is -0.550 e. The van der Waals surface area contributed by atoms with Crippen LogP contribution in [0.5, 0.6) is 0 Å². The van der Waals surface area contributed by atoms with Crippen LogP contribution in [0.2, 0.25) is 0 Å². The molecule has 0 heterocycles. The second-order valence-electron chi connectivity index (χ2n) is 10.9. The number of aliphatic hydroxyl groups excluding tert-OH is 6. The third kappa shape index (κ3) is 42.1. The maximum absolute atomic E-state index is 10.2. The van der Waals surface area contributed by atoms with Crippen molar-refractivity contribution in [3.05, 3.63) is 0 Å². The number of carboxylic acids is 1. The summed E-state index contributed by atoms with van der Waals surface area (Å²) in [4.78, 5) is 10.1. The van der Waals surface area contributed by atoms with Crippen molar-refractivity contribution in [2.45, 2.75) is 167 Å². The van der Waals surface area contributed by atoms with Crippen molar-refractivity contribution in [1.82, 2.24) is 0 Å². The molecule has 262 valence electrons. The summed E-state index contributed by atoms with van der Waals surface area (Å²) in [6, 6.07) is 0. The number of rotatable bonds is 27. The molecule has 0 rings (SSSR count). The van der Waals surface area contributed by atoms with Gasteiger partial charge in [0.15, 0.2) is 0 Å². The Labute approximate surface area is 288 Å². The minimum atomic E-state index is -4.23. The fourth-order valence-corrected chi connectivity index (χ4v) is 4.33. The van der Waals surface area contributed by atoms with Gasteiger partial charge >= 0.3 is 40.0 Å². The SMILES string of the molecule is CCCCCCCCCCCC(=O)[O-].CCCCCCCCCCCCOS(=O)(=O)O.OCC(O)C(O)C(O)C(O)CO.[Na+]. The van der Waals surface area contributed by atoms with Crippen molar-refractivity contribution in [3.63, 3.8) is 0 Å². The maximum Gasteiger partial charge on any atom is 1.00 e. The number of aliphatic hydroxyl groups is 6. The van der Waals surface area contributed by atoms with E-state index in [4.69, 9.17) is 35.2 Å². The van der Waals surface area contributed by atoms with Crippen molar-refractivity contribution in [1.29, 1.82) is 0 Å². The van der Waals surface area contributed by atoms with E-state index in [1.807, 2.05) is 0 Å². The van der Waals surface area contributed by atoms with E-state index in [-0.39, 0.29) is 42.6 Å². The summed E-state index contributed by atoms with van der Waals surface area (Å²) in [5.41, 5.74) is 0. The van der Waals surface area contributed by atoms with Crippen LogP contribution in [0.3, 0.4) is 0 Å². The Kier molecular flexibility index (Phi) is 43.5. The maximum atomic E-state index is 10.2. The first-order valence-electron chi connectivity index (χ1n) is 16.1. The van der Waals surface area contributed by atoms with E-state index >= 15 is 0 Å². The standard InChI is InChI=1S/C12H26O4S.C12H24O2.C6H14O6.Na/c1-2-3-4-5-6-7-8-9-10-11-12-16-17(13,14)15;1-2-3-4-5-6-7-8-9-10-11-12(13)14;7-1-3(9)5(11)6(12)4(10)2-8;/h2-12H2,1H3,(H,13,14,15);2-11H2,1H3,(H,13,14);3-12H,1-2H2;/q;;;+1/p-1. The minimum absolute atomic E-state index is 0. The van der Waals surface area contributed by atoms with Crippen LogP contribution in [-0.4, -0.2) is 93.8 Å². The van der Waals surface area contributed by atoms with Gasteiger partial charge in [0.1, 0.15) is 24.4 Å². The summed E-state index contributed by atoms with van der Waals surface area (Å²) >= 11 is 0. The van der Waals surface area contributed by atoms with Crippen LogP contribution in [0.1, 0.15) is 142 Å². The molecule has 7 N–H and O–H groups in total. The van der Waals surface area contributed by atoms with Gasteiger partial charge in [0, 0.05) is 5.97 Å². The number of hydrogen-bond donors (Lipinski definition) is 7. The van der Waals surface area contributed by atoms with Crippen LogP contribution in [0.4, 0.5) is 0 Å². The molecule has 0 aliphatic rings. The quantitative estimate of drug-likeness (QED) is 0.0343. The Hall–Kier alpha value is 0.1000. The molecule has 0 saturated heterocycles. The number of carbonyl (C=O) groups excluding carboxylic acids is 1. The van der Waals surface area contributed by atoms with Crippen LogP contribution >= 0.6 is 0 Å². The molecule has 0 aromatic carbocycles. The van der Waals surface area contributed by atoms with Crippen molar-refractivity contribution in [3.8, 4) is 0 Å². The molecule has 0 aliphatic carbocycles. The fourth-order valence-electron chi connectivity index (χ4n) is 4.00. The van der Waals surface area contributed by atoms with Crippen molar-refractivity contribution >= 4 is 16.4 Å². The Morgan fingerprint density at radius 1 is 0.614 bits per heavy atom. The van der Waals surface area contributed by atoms with Crippen molar-refractivity contribution in [2.24, 2.45) is 0 Å². The van der Waals surface area contributed by atoms with Crippen LogP contribution < -0.4 is 34.7 Å². The van der Waals surface area contributed by atoms with Gasteiger partial charge in [-0.1, -0.05) is 123 Å². The van der Waals surface area contributed by atoms with Crippen LogP contribution in [0, 0.1) is 0 Å². The predicted molar refractivity (Wildman–Crippen MR) is 164 cm³/mol. The summed E-state index contributed by atoms with van der Waals surface area (Å²) in [5.74, 6) is -0.909. The fraction of sp³-hybridized carbons (Fsp3) is 0.967. The van der Waals surface area contributed by atoms with E-state index in [1.165, 1.54) is 89.9 Å². The molecule has 0 fully saturated rings. The van der Waals surface area contributed by atoms with Crippen LogP contribution in [0.25, 0.3) is 0 Å². The molecular formula is C30H63NaO12S. The first-order chi connectivity index (χ1) is 20.4. The van der Waals surface area contributed by atoms with E-state index < -0.39 is 54.0 Å². The molecule has 12 nitrogen and oxygen atoms in total. The van der Waals surface area contributed by atoms with Gasteiger partial charge in [0.05, 0.1) is 19.8 Å². The van der Waals surface area contributed by atoms with E-state index in [2.05, 4.69) is 18.0 Å². The largest absolute Gasteiger partial charge is 1.00 e. The Balaban J connectivity index is -0.000000274. The summed E-state index contributed by atoms with van der Waals surface area (Å²) in [6.07, 6.45) is 16.6. The Morgan fingerprint density at radius 2 is 0.909 bits per heavy atom. The first kappa shape index (κ1) is 50.9. The monoisotopic (exact) mass is 670 g/mol. The molecule has 0 saturated carbocycles. The van der Waals surface area contributed by atoms with Gasteiger partial charge in [-0.3, -0.25) is 4.55 Å². The third-order valence-electron chi connectivity index (χ3n) is 6.73. The van der Waals surface area contributed by atoms with Gasteiger partial charge < -0.3 is 40.5 Å². The van der Waals surface area contributed by atoms with Gasteiger partial charge in [-0.05, 0) is 19.3 Å². The molecule has 0 bridgehead atoms. The molecule has 44 heavy (non-hydrogen) atoms. The van der Waals surface area contributed by atoms with Gasteiger partial charge in [-0.25, -0.2) is 4.18 Å². The first-order valence-corrected chi connectivity index (χ1v) is 17.5. The zero-order valence-electron chi connectivity index (χ0n) is 27.7. The number of unbranched alkanes of at least 4 members (excludes halogenated alkanes) is 17. The van der Waals surface area contributed by atoms with Crippen molar-refractivity contribution in [2.75, 3.05) is 19.8 Å². The third-order valence-corrected chi connectivity index (χ3v) is 7.19. The molecule has 0 spiro atoms. The van der Waals surface area contributed by atoms with Crippen molar-refractivity contribution < 1.29 is 87.3 Å². The molecule has 0 radical (unpaired) electrons. The predicted octanol–water partition coefficient (Wildman–Crippen LogP) is -0.197.